The number of amides is 3. The zero-order chi connectivity index (χ0) is 36.0. The number of nitrogens with one attached hydrogen (secondary N) is 3. The van der Waals surface area contributed by atoms with Gasteiger partial charge in [-0.05, 0) is 19.3 Å². The van der Waals surface area contributed by atoms with Crippen molar-refractivity contribution in [3.8, 4) is 0 Å². The van der Waals surface area contributed by atoms with Crippen LogP contribution >= 0.6 is 0 Å². The minimum absolute atomic E-state index is 0.318. The van der Waals surface area contributed by atoms with E-state index in [4.69, 9.17) is 38.9 Å². The largest absolute Gasteiger partial charge is 0.455 e. The first kappa shape index (κ1) is 36.8. The fourth-order valence-electron chi connectivity index (χ4n) is 5.57. The standard InChI is InChI=1S/C29H37N5O15/c1-12(35)44-16-11-17(26(41)32-15-7-5-6-9-31-25(15)40)47-28(19(16)45-13(2)36)49-22(24(30)39)21-20(43-4)23(46-14(3)37)27(48-21)34-10-8-18(38)33-29(34)42/h8,10-11,15-16,19-23,27-28H,5-7,9H2,1-4H3,(H2,30,39)(H,31,40)(H,32,41)(H,33,38,42)/t15-,16-,19-,20+,21-,22+,23+,27+,28+/m0/s1. The first-order valence-electron chi connectivity index (χ1n) is 15.1. The molecule has 49 heavy (non-hydrogen) atoms. The summed E-state index contributed by atoms with van der Waals surface area (Å²) in [5.74, 6) is -5.67. The molecule has 268 valence electrons. The van der Waals surface area contributed by atoms with Crippen molar-refractivity contribution in [2.24, 2.45) is 5.73 Å². The van der Waals surface area contributed by atoms with E-state index in [9.17, 15) is 38.4 Å². The number of nitrogens with zero attached hydrogens (tertiary/aromatic N) is 1. The minimum atomic E-state index is -1.91. The number of carbonyl (C=O) groups excluding carboxylic acids is 6. The average molecular weight is 696 g/mol. The second kappa shape index (κ2) is 15.9. The van der Waals surface area contributed by atoms with Crippen molar-refractivity contribution in [2.45, 2.75) is 95.2 Å². The van der Waals surface area contributed by atoms with E-state index in [0.717, 1.165) is 43.7 Å². The van der Waals surface area contributed by atoms with Crippen LogP contribution in [0.1, 0.15) is 46.3 Å². The fourth-order valence-corrected chi connectivity index (χ4v) is 5.57. The lowest BCUT2D eigenvalue weighted by Crippen LogP contribution is -2.56. The number of aromatic amines is 1. The van der Waals surface area contributed by atoms with E-state index in [1.54, 1.807) is 0 Å². The van der Waals surface area contributed by atoms with Gasteiger partial charge in [0, 0.05) is 52.8 Å². The molecule has 4 heterocycles. The van der Waals surface area contributed by atoms with Crippen molar-refractivity contribution in [3.05, 3.63) is 44.9 Å². The SMILES string of the molecule is CO[C@H]1[C@@H](OC(C)=O)[C@H](n2ccc(=O)[nH]c2=O)O[C@@H]1[C@@H](O[C@H]1OC(C(=O)N[C@H]2CCCCNC2=O)=C[C@H](OC(C)=O)[C@@H]1OC(C)=O)C(N)=O. The van der Waals surface area contributed by atoms with Crippen LogP contribution in [0.3, 0.4) is 0 Å². The van der Waals surface area contributed by atoms with E-state index in [2.05, 4.69) is 10.6 Å². The Balaban J connectivity index is 1.71. The van der Waals surface area contributed by atoms with Gasteiger partial charge in [0.1, 0.15) is 18.2 Å². The zero-order valence-electron chi connectivity index (χ0n) is 26.9. The minimum Gasteiger partial charge on any atom is -0.455 e. The van der Waals surface area contributed by atoms with E-state index >= 15 is 0 Å². The van der Waals surface area contributed by atoms with Crippen LogP contribution in [0.5, 0.6) is 0 Å². The first-order chi connectivity index (χ1) is 23.2. The maximum atomic E-state index is 13.4. The number of primary amides is 1. The quantitative estimate of drug-likeness (QED) is 0.134. The molecule has 20 nitrogen and oxygen atoms in total. The molecule has 0 aliphatic carbocycles. The lowest BCUT2D eigenvalue weighted by molar-refractivity contribution is -0.249. The molecule has 3 aliphatic heterocycles. The number of hydrogen-bond acceptors (Lipinski definition) is 15. The van der Waals surface area contributed by atoms with Crippen LogP contribution in [-0.4, -0.2) is 108 Å². The summed E-state index contributed by atoms with van der Waals surface area (Å²) in [6, 6.07) is 0.0653. The number of rotatable bonds is 11. The van der Waals surface area contributed by atoms with Crippen molar-refractivity contribution in [1.29, 1.82) is 0 Å². The van der Waals surface area contributed by atoms with E-state index in [1.165, 1.54) is 7.11 Å². The second-order valence-corrected chi connectivity index (χ2v) is 11.2. The monoisotopic (exact) mass is 695 g/mol. The molecular weight excluding hydrogens is 658 g/mol. The second-order valence-electron chi connectivity index (χ2n) is 11.2. The molecule has 9 atom stereocenters. The highest BCUT2D eigenvalue weighted by Crippen LogP contribution is 2.36. The summed E-state index contributed by atoms with van der Waals surface area (Å²) >= 11 is 0. The summed E-state index contributed by atoms with van der Waals surface area (Å²) < 4.78 is 40.1. The Morgan fingerprint density at radius 3 is 2.27 bits per heavy atom. The van der Waals surface area contributed by atoms with Crippen LogP contribution < -0.4 is 27.6 Å². The van der Waals surface area contributed by atoms with Crippen LogP contribution in [0.2, 0.25) is 0 Å². The third kappa shape index (κ3) is 8.89. The van der Waals surface area contributed by atoms with Gasteiger partial charge in [0.2, 0.25) is 24.2 Å². The van der Waals surface area contributed by atoms with Crippen LogP contribution in [0, 0.1) is 0 Å². The van der Waals surface area contributed by atoms with Crippen molar-refractivity contribution in [2.75, 3.05) is 13.7 Å². The van der Waals surface area contributed by atoms with Gasteiger partial charge in [-0.15, -0.1) is 0 Å². The molecule has 0 unspecified atom stereocenters. The van der Waals surface area contributed by atoms with Crippen molar-refractivity contribution in [1.82, 2.24) is 20.2 Å². The van der Waals surface area contributed by atoms with E-state index in [0.29, 0.717) is 25.8 Å². The molecule has 0 spiro atoms. The molecule has 0 radical (unpaired) electrons. The Hall–Kier alpha value is -5.08. The summed E-state index contributed by atoms with van der Waals surface area (Å²) in [5, 5.41) is 5.22. The van der Waals surface area contributed by atoms with Gasteiger partial charge >= 0.3 is 23.6 Å². The van der Waals surface area contributed by atoms with Gasteiger partial charge < -0.3 is 49.5 Å². The topological polar surface area (TPSA) is 272 Å². The van der Waals surface area contributed by atoms with Crippen LogP contribution in [0.4, 0.5) is 0 Å². The van der Waals surface area contributed by atoms with Gasteiger partial charge in [0.25, 0.3) is 11.5 Å². The number of methoxy groups -OCH3 is 1. The number of hydrogen-bond donors (Lipinski definition) is 4. The lowest BCUT2D eigenvalue weighted by Gasteiger charge is -2.37. The summed E-state index contributed by atoms with van der Waals surface area (Å²) in [7, 11) is 1.18. The molecule has 0 bridgehead atoms. The summed E-state index contributed by atoms with van der Waals surface area (Å²) in [5.41, 5.74) is 4.04. The van der Waals surface area contributed by atoms with Crippen molar-refractivity contribution in [3.63, 3.8) is 0 Å². The molecule has 3 amide bonds. The highest BCUT2D eigenvalue weighted by atomic mass is 16.7. The first-order valence-corrected chi connectivity index (χ1v) is 15.1. The highest BCUT2D eigenvalue weighted by molar-refractivity contribution is 5.95. The van der Waals surface area contributed by atoms with Crippen LogP contribution in [0.25, 0.3) is 0 Å². The van der Waals surface area contributed by atoms with E-state index < -0.39 is 108 Å². The van der Waals surface area contributed by atoms with Crippen molar-refractivity contribution >= 4 is 35.6 Å². The number of esters is 3. The predicted octanol–water partition coefficient (Wildman–Crippen LogP) is -2.86. The van der Waals surface area contributed by atoms with E-state index in [1.807, 2.05) is 4.98 Å². The average Bonchev–Trinajstić information content (AvgIpc) is 3.22. The predicted molar refractivity (Wildman–Crippen MR) is 159 cm³/mol. The molecule has 4 rings (SSSR count). The Bertz CT molecular complexity index is 1600. The Morgan fingerprint density at radius 1 is 0.980 bits per heavy atom. The molecule has 0 aromatic carbocycles. The molecule has 2 saturated heterocycles. The maximum absolute atomic E-state index is 13.4. The number of carbonyl (C=O) groups is 6. The fraction of sp³-hybridized carbons (Fsp3) is 0.586. The van der Waals surface area contributed by atoms with Crippen LogP contribution in [0.15, 0.2) is 33.7 Å². The normalized spacial score (nSPS) is 28.8. The molecule has 5 N–H and O–H groups in total. The third-order valence-electron chi connectivity index (χ3n) is 7.60. The van der Waals surface area contributed by atoms with Gasteiger partial charge in [0.05, 0.1) is 0 Å². The van der Waals surface area contributed by atoms with Crippen LogP contribution in [-0.2, 0) is 61.9 Å². The molecule has 0 saturated carbocycles. The summed E-state index contributed by atoms with van der Waals surface area (Å²) in [6.07, 6.45) is -9.08. The number of nitrogens with two attached hydrogens (primary N) is 1. The Morgan fingerprint density at radius 2 is 1.65 bits per heavy atom. The third-order valence-corrected chi connectivity index (χ3v) is 7.60. The van der Waals surface area contributed by atoms with Crippen molar-refractivity contribution < 1.29 is 61.9 Å². The summed E-state index contributed by atoms with van der Waals surface area (Å²) in [4.78, 5) is 102. The van der Waals surface area contributed by atoms with Gasteiger partial charge in [0.15, 0.2) is 30.3 Å². The number of H-pyrrole nitrogens is 1. The summed E-state index contributed by atoms with van der Waals surface area (Å²) in [6.45, 7) is 3.58. The maximum Gasteiger partial charge on any atom is 0.330 e. The van der Waals surface area contributed by atoms with E-state index in [-0.39, 0.29) is 0 Å². The van der Waals surface area contributed by atoms with Gasteiger partial charge in [-0.1, -0.05) is 0 Å². The number of aromatic nitrogens is 2. The Kier molecular flexibility index (Phi) is 11.9. The molecule has 1 aromatic rings. The molecule has 3 aliphatic rings. The number of ether oxygens (including phenoxy) is 7. The van der Waals surface area contributed by atoms with Gasteiger partial charge in [-0.2, -0.15) is 0 Å². The zero-order valence-corrected chi connectivity index (χ0v) is 26.9. The Labute approximate surface area is 277 Å². The van der Waals surface area contributed by atoms with Gasteiger partial charge in [-0.3, -0.25) is 43.1 Å². The molecular formula is C29H37N5O15. The van der Waals surface area contributed by atoms with Gasteiger partial charge in [-0.25, -0.2) is 4.79 Å². The highest BCUT2D eigenvalue weighted by Gasteiger charge is 2.55. The smallest absolute Gasteiger partial charge is 0.330 e. The molecule has 20 heteroatoms. The lowest BCUT2D eigenvalue weighted by atomic mass is 10.0. The molecule has 1 aromatic heterocycles. The molecule has 2 fully saturated rings.